The van der Waals surface area contributed by atoms with Crippen LogP contribution in [0.5, 0.6) is 0 Å². The second-order valence-corrected chi connectivity index (χ2v) is 12.3. The summed E-state index contributed by atoms with van der Waals surface area (Å²) in [6, 6.07) is 24.5. The molecule has 3 aromatic carbocycles. The van der Waals surface area contributed by atoms with Crippen molar-refractivity contribution in [1.82, 2.24) is 10.6 Å². The molecule has 0 saturated heterocycles. The lowest BCUT2D eigenvalue weighted by Crippen LogP contribution is -2.46. The lowest BCUT2D eigenvalue weighted by atomic mass is 10.1. The van der Waals surface area contributed by atoms with Crippen LogP contribution < -0.4 is 16.4 Å². The molecule has 0 aliphatic heterocycles. The third kappa shape index (κ3) is 10.3. The molecule has 1 heterocycles. The van der Waals surface area contributed by atoms with E-state index in [0.717, 1.165) is 21.2 Å². The summed E-state index contributed by atoms with van der Waals surface area (Å²) in [6.07, 6.45) is -0.796. The van der Waals surface area contributed by atoms with Crippen LogP contribution in [0.4, 0.5) is 4.79 Å². The number of rotatable bonds is 11. The second kappa shape index (κ2) is 15.1. The lowest BCUT2D eigenvalue weighted by Gasteiger charge is -2.21. The number of hydrogen-bond donors (Lipinski definition) is 3. The predicted octanol–water partition coefficient (Wildman–Crippen LogP) is 5.48. The van der Waals surface area contributed by atoms with E-state index in [0.29, 0.717) is 10.4 Å². The predicted molar refractivity (Wildman–Crippen MR) is 174 cm³/mol. The molecule has 10 nitrogen and oxygen atoms in total. The summed E-state index contributed by atoms with van der Waals surface area (Å²) < 4.78 is 11.5. The molecule has 0 aliphatic carbocycles. The minimum Gasteiger partial charge on any atom is -0.460 e. The van der Waals surface area contributed by atoms with Crippen LogP contribution in [0.2, 0.25) is 0 Å². The van der Waals surface area contributed by atoms with Gasteiger partial charge in [-0.3, -0.25) is 14.4 Å². The van der Waals surface area contributed by atoms with Gasteiger partial charge in [0.2, 0.25) is 5.91 Å². The first kappa shape index (κ1) is 32.9. The van der Waals surface area contributed by atoms with Gasteiger partial charge < -0.3 is 25.8 Å². The van der Waals surface area contributed by atoms with Crippen LogP contribution in [0.1, 0.15) is 60.0 Å². The van der Waals surface area contributed by atoms with Crippen LogP contribution in [0, 0.1) is 0 Å². The largest absolute Gasteiger partial charge is 0.460 e. The average Bonchev–Trinajstić information content (AvgIpc) is 3.45. The van der Waals surface area contributed by atoms with Gasteiger partial charge in [0, 0.05) is 23.2 Å². The number of fused-ring (bicyclic) bond motifs is 1. The molecule has 0 radical (unpaired) electrons. The SMILES string of the molecule is CC(C)(C)OC(=O)CC[C@@H](NC(=O)c1cc2ccccc2s1)C(=O)NCc1ccc(C(N)=NC(=O)OCc2ccccc2)cc1. The number of thiophene rings is 1. The standard InChI is InChI=1S/C34H36N4O6S/c1-34(2,3)44-29(39)18-17-26(37-32(41)28-19-25-11-7-8-12-27(25)45-28)31(40)36-20-22-13-15-24(16-14-22)30(35)38-33(42)43-21-23-9-5-4-6-10-23/h4-16,19,26H,17-18,20-21H2,1-3H3,(H,36,40)(H,37,41)(H2,35,38,42)/t26-/m1/s1. The van der Waals surface area contributed by atoms with E-state index in [1.54, 1.807) is 51.1 Å². The number of amidine groups is 1. The van der Waals surface area contributed by atoms with Crippen molar-refractivity contribution in [1.29, 1.82) is 0 Å². The maximum Gasteiger partial charge on any atom is 0.435 e. The fraction of sp³-hybridized carbons (Fsp3) is 0.265. The van der Waals surface area contributed by atoms with Gasteiger partial charge in [-0.05, 0) is 55.8 Å². The Labute approximate surface area is 265 Å². The van der Waals surface area contributed by atoms with E-state index in [1.165, 1.54) is 11.3 Å². The highest BCUT2D eigenvalue weighted by molar-refractivity contribution is 7.20. The molecule has 4 rings (SSSR count). The van der Waals surface area contributed by atoms with Gasteiger partial charge in [0.05, 0.1) is 4.88 Å². The number of hydrogen-bond acceptors (Lipinski definition) is 7. The summed E-state index contributed by atoms with van der Waals surface area (Å²) in [5.74, 6) is -1.31. The van der Waals surface area contributed by atoms with E-state index in [4.69, 9.17) is 15.2 Å². The number of amides is 3. The number of carbonyl (C=O) groups excluding carboxylic acids is 4. The molecular formula is C34H36N4O6S. The van der Waals surface area contributed by atoms with Crippen molar-refractivity contribution < 1.29 is 28.7 Å². The maximum atomic E-state index is 13.2. The molecule has 0 bridgehead atoms. The summed E-state index contributed by atoms with van der Waals surface area (Å²) in [5, 5.41) is 6.55. The first-order valence-electron chi connectivity index (χ1n) is 14.4. The molecule has 0 spiro atoms. The highest BCUT2D eigenvalue weighted by atomic mass is 32.1. The number of aliphatic imine (C=N–C) groups is 1. The number of benzene rings is 3. The molecule has 0 unspecified atom stereocenters. The zero-order valence-corrected chi connectivity index (χ0v) is 26.2. The lowest BCUT2D eigenvalue weighted by molar-refractivity contribution is -0.155. The molecule has 0 aliphatic rings. The van der Waals surface area contributed by atoms with Gasteiger partial charge in [0.25, 0.3) is 5.91 Å². The smallest absolute Gasteiger partial charge is 0.435 e. The molecular weight excluding hydrogens is 592 g/mol. The first-order valence-corrected chi connectivity index (χ1v) is 15.2. The van der Waals surface area contributed by atoms with E-state index in [1.807, 2.05) is 54.6 Å². The molecule has 45 heavy (non-hydrogen) atoms. The minimum atomic E-state index is -0.973. The third-order valence-electron chi connectivity index (χ3n) is 6.46. The summed E-state index contributed by atoms with van der Waals surface area (Å²) >= 11 is 1.33. The van der Waals surface area contributed by atoms with Crippen molar-refractivity contribution >= 4 is 51.1 Å². The van der Waals surface area contributed by atoms with E-state index in [2.05, 4.69) is 15.6 Å². The number of carbonyl (C=O) groups is 4. The molecule has 234 valence electrons. The highest BCUT2D eigenvalue weighted by Gasteiger charge is 2.25. The Morgan fingerprint density at radius 3 is 2.29 bits per heavy atom. The van der Waals surface area contributed by atoms with Crippen molar-refractivity contribution in [2.75, 3.05) is 0 Å². The summed E-state index contributed by atoms with van der Waals surface area (Å²) in [6.45, 7) is 5.53. The molecule has 4 N–H and O–H groups in total. The molecule has 1 atom stereocenters. The van der Waals surface area contributed by atoms with Crippen molar-refractivity contribution in [2.24, 2.45) is 10.7 Å². The maximum absolute atomic E-state index is 13.2. The summed E-state index contributed by atoms with van der Waals surface area (Å²) in [7, 11) is 0. The van der Waals surface area contributed by atoms with Gasteiger partial charge in [0.1, 0.15) is 24.1 Å². The van der Waals surface area contributed by atoms with Gasteiger partial charge in [-0.1, -0.05) is 72.8 Å². The third-order valence-corrected chi connectivity index (χ3v) is 7.58. The topological polar surface area (TPSA) is 149 Å². The minimum absolute atomic E-state index is 0.00481. The molecule has 0 saturated carbocycles. The van der Waals surface area contributed by atoms with Gasteiger partial charge in [-0.2, -0.15) is 4.99 Å². The van der Waals surface area contributed by atoms with E-state index in [-0.39, 0.29) is 31.8 Å². The number of nitrogens with two attached hydrogens (primary N) is 1. The van der Waals surface area contributed by atoms with Crippen LogP contribution in [0.25, 0.3) is 10.1 Å². The Morgan fingerprint density at radius 1 is 0.911 bits per heavy atom. The second-order valence-electron chi connectivity index (χ2n) is 11.3. The van der Waals surface area contributed by atoms with Crippen LogP contribution >= 0.6 is 11.3 Å². The van der Waals surface area contributed by atoms with Gasteiger partial charge in [-0.15, -0.1) is 11.3 Å². The monoisotopic (exact) mass is 628 g/mol. The van der Waals surface area contributed by atoms with Crippen molar-refractivity contribution in [2.45, 2.75) is 58.4 Å². The molecule has 1 aromatic heterocycles. The Balaban J connectivity index is 1.36. The Kier molecular flexibility index (Phi) is 11.0. The summed E-state index contributed by atoms with van der Waals surface area (Å²) in [5.41, 5.74) is 7.41. The highest BCUT2D eigenvalue weighted by Crippen LogP contribution is 2.25. The first-order chi connectivity index (χ1) is 21.5. The number of ether oxygens (including phenoxy) is 2. The normalized spacial score (nSPS) is 12.3. The van der Waals surface area contributed by atoms with E-state index < -0.39 is 35.5 Å². The fourth-order valence-corrected chi connectivity index (χ4v) is 5.23. The van der Waals surface area contributed by atoms with Crippen molar-refractivity contribution in [3.63, 3.8) is 0 Å². The summed E-state index contributed by atoms with van der Waals surface area (Å²) in [4.78, 5) is 55.1. The van der Waals surface area contributed by atoms with Gasteiger partial charge >= 0.3 is 12.1 Å². The van der Waals surface area contributed by atoms with Crippen LogP contribution in [0.15, 0.2) is 89.9 Å². The zero-order chi connectivity index (χ0) is 32.4. The van der Waals surface area contributed by atoms with Crippen LogP contribution in [-0.4, -0.2) is 41.4 Å². The Hall–Kier alpha value is -5.03. The molecule has 0 fully saturated rings. The average molecular weight is 629 g/mol. The van der Waals surface area contributed by atoms with Crippen LogP contribution in [-0.2, 0) is 32.2 Å². The van der Waals surface area contributed by atoms with E-state index >= 15 is 0 Å². The van der Waals surface area contributed by atoms with Gasteiger partial charge in [0.15, 0.2) is 0 Å². The Morgan fingerprint density at radius 2 is 1.60 bits per heavy atom. The fourth-order valence-electron chi connectivity index (χ4n) is 4.27. The van der Waals surface area contributed by atoms with E-state index in [9.17, 15) is 19.2 Å². The van der Waals surface area contributed by atoms with Crippen molar-refractivity contribution in [3.8, 4) is 0 Å². The molecule has 3 amide bonds. The molecule has 4 aromatic rings. The van der Waals surface area contributed by atoms with Gasteiger partial charge in [-0.25, -0.2) is 4.79 Å². The number of nitrogens with zero attached hydrogens (tertiary/aromatic N) is 1. The number of nitrogens with one attached hydrogen (secondary N) is 2. The van der Waals surface area contributed by atoms with Crippen LogP contribution in [0.3, 0.4) is 0 Å². The van der Waals surface area contributed by atoms with Crippen molar-refractivity contribution in [3.05, 3.63) is 106 Å². The Bertz CT molecular complexity index is 1640. The quantitative estimate of drug-likeness (QED) is 0.113. The zero-order valence-electron chi connectivity index (χ0n) is 25.4. The number of esters is 1. The molecule has 11 heteroatoms.